The molecule has 0 N–H and O–H groups in total. The second kappa shape index (κ2) is 9.28. The van der Waals surface area contributed by atoms with Crippen molar-refractivity contribution in [2.75, 3.05) is 32.8 Å². The summed E-state index contributed by atoms with van der Waals surface area (Å²) in [5.41, 5.74) is 2.41. The lowest BCUT2D eigenvalue weighted by molar-refractivity contribution is -0.152. The van der Waals surface area contributed by atoms with Gasteiger partial charge in [-0.05, 0) is 75.1 Å². The van der Waals surface area contributed by atoms with Gasteiger partial charge in [-0.1, -0.05) is 6.07 Å². The maximum Gasteiger partial charge on any atom is 0.309 e. The summed E-state index contributed by atoms with van der Waals surface area (Å²) in [4.78, 5) is 27.1. The molecule has 0 unspecified atom stereocenters. The fraction of sp³-hybridized carbons (Fsp3) is 0.652. The van der Waals surface area contributed by atoms with E-state index in [4.69, 9.17) is 4.74 Å². The number of carbonyl (C=O) groups is 2. The molecule has 3 aliphatic rings. The Morgan fingerprint density at radius 2 is 1.61 bits per heavy atom. The normalized spacial score (nSPS) is 21.1. The molecule has 0 spiro atoms. The number of nitrogens with zero attached hydrogens (tertiary/aromatic N) is 2. The first-order valence-electron chi connectivity index (χ1n) is 11.5. The number of carbonyl (C=O) groups excluding carboxylic acids is 2. The van der Waals surface area contributed by atoms with Crippen LogP contribution in [0.2, 0.25) is 0 Å². The first kappa shape index (κ1) is 22.3. The minimum absolute atomic E-state index is 0.0943. The van der Waals surface area contributed by atoms with Crippen LogP contribution in [0.25, 0.3) is 0 Å². The number of benzene rings is 1. The lowest BCUT2D eigenvalue weighted by atomic mass is 9.92. The van der Waals surface area contributed by atoms with Crippen molar-refractivity contribution >= 4 is 21.9 Å². The number of amides is 1. The molecule has 4 rings (SSSR count). The monoisotopic (exact) mass is 448 g/mol. The highest BCUT2D eigenvalue weighted by molar-refractivity contribution is 7.89. The number of fused-ring (bicyclic) bond motifs is 1. The molecule has 0 saturated carbocycles. The average molecular weight is 449 g/mol. The van der Waals surface area contributed by atoms with E-state index in [0.29, 0.717) is 63.4 Å². The predicted octanol–water partition coefficient (Wildman–Crippen LogP) is 2.38. The molecule has 2 fully saturated rings. The van der Waals surface area contributed by atoms with E-state index in [1.807, 2.05) is 17.0 Å². The third-order valence-electron chi connectivity index (χ3n) is 6.94. The second-order valence-electron chi connectivity index (χ2n) is 8.81. The largest absolute Gasteiger partial charge is 0.466 e. The summed E-state index contributed by atoms with van der Waals surface area (Å²) >= 11 is 0. The number of rotatable bonds is 5. The molecular formula is C23H32N2O5S. The number of likely N-dealkylation sites (tertiary alicyclic amines) is 1. The average Bonchev–Trinajstić information content (AvgIpc) is 3.27. The topological polar surface area (TPSA) is 84.0 Å². The highest BCUT2D eigenvalue weighted by Crippen LogP contribution is 2.30. The molecule has 0 atom stereocenters. The molecule has 0 radical (unpaired) electrons. The summed E-state index contributed by atoms with van der Waals surface area (Å²) in [5, 5.41) is 0. The number of hydrogen-bond donors (Lipinski definition) is 0. The van der Waals surface area contributed by atoms with Gasteiger partial charge in [0.05, 0.1) is 17.4 Å². The molecule has 31 heavy (non-hydrogen) atoms. The quantitative estimate of drug-likeness (QED) is 0.646. The van der Waals surface area contributed by atoms with Gasteiger partial charge in [0.1, 0.15) is 0 Å². The Kier molecular flexibility index (Phi) is 6.67. The molecule has 8 heteroatoms. The smallest absolute Gasteiger partial charge is 0.309 e. The van der Waals surface area contributed by atoms with Crippen LogP contribution in [0.1, 0.15) is 50.2 Å². The fourth-order valence-electron chi connectivity index (χ4n) is 5.05. The highest BCUT2D eigenvalue weighted by atomic mass is 32.2. The lowest BCUT2D eigenvalue weighted by Gasteiger charge is -2.36. The molecule has 1 amide bonds. The van der Waals surface area contributed by atoms with E-state index < -0.39 is 10.0 Å². The molecule has 7 nitrogen and oxygen atoms in total. The molecule has 1 aromatic carbocycles. The molecule has 2 heterocycles. The maximum atomic E-state index is 13.1. The van der Waals surface area contributed by atoms with Crippen LogP contribution in [-0.2, 0) is 37.2 Å². The van der Waals surface area contributed by atoms with Gasteiger partial charge >= 0.3 is 5.97 Å². The van der Waals surface area contributed by atoms with Gasteiger partial charge in [0, 0.05) is 32.1 Å². The zero-order chi connectivity index (χ0) is 22.0. The Labute approximate surface area is 184 Å². The summed E-state index contributed by atoms with van der Waals surface area (Å²) in [6.07, 6.45) is 5.42. The van der Waals surface area contributed by atoms with Crippen LogP contribution < -0.4 is 0 Å². The number of ether oxygens (including phenoxy) is 1. The van der Waals surface area contributed by atoms with Gasteiger partial charge in [-0.3, -0.25) is 9.59 Å². The zero-order valence-corrected chi connectivity index (χ0v) is 19.0. The Morgan fingerprint density at radius 1 is 0.968 bits per heavy atom. The van der Waals surface area contributed by atoms with Crippen LogP contribution in [0.5, 0.6) is 0 Å². The van der Waals surface area contributed by atoms with Crippen LogP contribution in [0.3, 0.4) is 0 Å². The van der Waals surface area contributed by atoms with Crippen LogP contribution in [0, 0.1) is 11.8 Å². The van der Waals surface area contributed by atoms with E-state index in [0.717, 1.165) is 24.8 Å². The van der Waals surface area contributed by atoms with Crippen molar-refractivity contribution in [3.8, 4) is 0 Å². The van der Waals surface area contributed by atoms with Gasteiger partial charge in [0.2, 0.25) is 15.9 Å². The lowest BCUT2D eigenvalue weighted by Crippen LogP contribution is -2.47. The minimum atomic E-state index is -3.52. The van der Waals surface area contributed by atoms with Crippen molar-refractivity contribution in [3.63, 3.8) is 0 Å². The van der Waals surface area contributed by atoms with Crippen LogP contribution in [-0.4, -0.2) is 62.3 Å². The van der Waals surface area contributed by atoms with Crippen molar-refractivity contribution < 1.29 is 22.7 Å². The van der Waals surface area contributed by atoms with E-state index in [-0.39, 0.29) is 23.7 Å². The van der Waals surface area contributed by atoms with Crippen molar-refractivity contribution in [3.05, 3.63) is 29.3 Å². The standard InChI is InChI=1S/C23H32N2O5S/c1-2-30-23(27)19-8-12-24(13-9-19)22(26)18-10-14-25(15-11-18)31(28,29)21-7-6-17-4-3-5-20(17)16-21/h6-7,16,18-19H,2-5,8-15H2,1H3. The van der Waals surface area contributed by atoms with E-state index in [2.05, 4.69) is 0 Å². The Hall–Kier alpha value is -1.93. The number of aryl methyl sites for hydroxylation is 2. The highest BCUT2D eigenvalue weighted by Gasteiger charge is 2.36. The zero-order valence-electron chi connectivity index (χ0n) is 18.2. The molecule has 0 bridgehead atoms. The summed E-state index contributed by atoms with van der Waals surface area (Å²) in [5.74, 6) is -0.342. The van der Waals surface area contributed by atoms with E-state index in [9.17, 15) is 18.0 Å². The Balaban J connectivity index is 1.31. The van der Waals surface area contributed by atoms with E-state index >= 15 is 0 Å². The van der Waals surface area contributed by atoms with Crippen molar-refractivity contribution in [1.29, 1.82) is 0 Å². The van der Waals surface area contributed by atoms with Crippen LogP contribution >= 0.6 is 0 Å². The number of esters is 1. The second-order valence-corrected chi connectivity index (χ2v) is 10.8. The van der Waals surface area contributed by atoms with Crippen LogP contribution in [0.4, 0.5) is 0 Å². The van der Waals surface area contributed by atoms with E-state index in [1.54, 1.807) is 13.0 Å². The number of piperidine rings is 2. The van der Waals surface area contributed by atoms with Gasteiger partial charge in [-0.25, -0.2) is 8.42 Å². The molecule has 1 aliphatic carbocycles. The van der Waals surface area contributed by atoms with Crippen molar-refractivity contribution in [2.45, 2.75) is 56.8 Å². The van der Waals surface area contributed by atoms with Gasteiger partial charge < -0.3 is 9.64 Å². The SMILES string of the molecule is CCOC(=O)C1CCN(C(=O)C2CCN(S(=O)(=O)c3ccc4c(c3)CCC4)CC2)CC1. The van der Waals surface area contributed by atoms with E-state index in [1.165, 1.54) is 9.87 Å². The summed E-state index contributed by atoms with van der Waals surface area (Å²) < 4.78 is 32.8. The Bertz CT molecular complexity index is 929. The van der Waals surface area contributed by atoms with Gasteiger partial charge in [0.15, 0.2) is 0 Å². The molecule has 2 aliphatic heterocycles. The maximum absolute atomic E-state index is 13.1. The van der Waals surface area contributed by atoms with Crippen LogP contribution in [0.15, 0.2) is 23.1 Å². The number of sulfonamides is 1. The van der Waals surface area contributed by atoms with Gasteiger partial charge in [-0.2, -0.15) is 4.31 Å². The molecule has 1 aromatic rings. The first-order valence-corrected chi connectivity index (χ1v) is 12.9. The summed E-state index contributed by atoms with van der Waals surface area (Å²) in [6.45, 7) is 4.05. The van der Waals surface area contributed by atoms with Crippen molar-refractivity contribution in [2.24, 2.45) is 11.8 Å². The number of hydrogen-bond acceptors (Lipinski definition) is 5. The molecular weight excluding hydrogens is 416 g/mol. The third kappa shape index (κ3) is 4.65. The Morgan fingerprint density at radius 3 is 2.29 bits per heavy atom. The van der Waals surface area contributed by atoms with Gasteiger partial charge in [-0.15, -0.1) is 0 Å². The molecule has 0 aromatic heterocycles. The third-order valence-corrected chi connectivity index (χ3v) is 8.83. The predicted molar refractivity (Wildman–Crippen MR) is 116 cm³/mol. The summed E-state index contributed by atoms with van der Waals surface area (Å²) in [6, 6.07) is 5.51. The molecule has 170 valence electrons. The molecule has 2 saturated heterocycles. The minimum Gasteiger partial charge on any atom is -0.466 e. The summed E-state index contributed by atoms with van der Waals surface area (Å²) in [7, 11) is -3.52. The fourth-order valence-corrected chi connectivity index (χ4v) is 6.58. The van der Waals surface area contributed by atoms with Crippen molar-refractivity contribution in [1.82, 2.24) is 9.21 Å². The first-order chi connectivity index (χ1) is 14.9. The van der Waals surface area contributed by atoms with Gasteiger partial charge in [0.25, 0.3) is 0 Å².